The molecule has 1 aromatic heterocycles. The number of ether oxygens (including phenoxy) is 1. The van der Waals surface area contributed by atoms with Gasteiger partial charge in [-0.15, -0.1) is 0 Å². The molecule has 0 unspecified atom stereocenters. The van der Waals surface area contributed by atoms with E-state index in [9.17, 15) is 14.0 Å². The summed E-state index contributed by atoms with van der Waals surface area (Å²) >= 11 is 0. The fourth-order valence-electron chi connectivity index (χ4n) is 3.52. The van der Waals surface area contributed by atoms with E-state index in [0.29, 0.717) is 43.1 Å². The summed E-state index contributed by atoms with van der Waals surface area (Å²) in [6.07, 6.45) is 6.10. The number of amides is 2. The summed E-state index contributed by atoms with van der Waals surface area (Å²) < 4.78 is 19.9. The van der Waals surface area contributed by atoms with E-state index in [1.807, 2.05) is 31.2 Å². The van der Waals surface area contributed by atoms with Gasteiger partial charge in [0, 0.05) is 44.0 Å². The van der Waals surface area contributed by atoms with Crippen LogP contribution in [0.15, 0.2) is 73.1 Å². The quantitative estimate of drug-likeness (QED) is 0.549. The van der Waals surface area contributed by atoms with Crippen LogP contribution in [0, 0.1) is 12.7 Å². The third-order valence-corrected chi connectivity index (χ3v) is 5.41. The van der Waals surface area contributed by atoms with E-state index in [1.54, 1.807) is 40.3 Å². The molecule has 168 valence electrons. The summed E-state index contributed by atoms with van der Waals surface area (Å²) in [7, 11) is 0. The molecule has 1 fully saturated rings. The molecule has 1 aliphatic rings. The molecule has 1 aliphatic heterocycles. The van der Waals surface area contributed by atoms with Gasteiger partial charge in [0.2, 0.25) is 5.91 Å². The largest absolute Gasteiger partial charge is 0.453 e. The molecule has 7 heteroatoms. The average molecular weight is 445 g/mol. The molecule has 0 aliphatic carbocycles. The summed E-state index contributed by atoms with van der Waals surface area (Å²) in [6, 6.07) is 15.4. The number of aryl methyl sites for hydroxylation is 1. The van der Waals surface area contributed by atoms with Gasteiger partial charge in [0.1, 0.15) is 5.75 Å². The van der Waals surface area contributed by atoms with Crippen LogP contribution in [0.3, 0.4) is 0 Å². The van der Waals surface area contributed by atoms with Gasteiger partial charge in [0.05, 0.1) is 6.20 Å². The normalized spacial score (nSPS) is 13.9. The monoisotopic (exact) mass is 445 g/mol. The molecule has 0 spiro atoms. The van der Waals surface area contributed by atoms with Gasteiger partial charge in [-0.05, 0) is 55.0 Å². The van der Waals surface area contributed by atoms with Gasteiger partial charge < -0.3 is 14.5 Å². The van der Waals surface area contributed by atoms with Crippen molar-refractivity contribution in [2.24, 2.45) is 0 Å². The number of hydrogen-bond donors (Lipinski definition) is 0. The SMILES string of the molecule is Cc1ccc(C(=O)N2CCN(C(=O)/C=C/c3ccc(Oc4cccnc4)c(F)c3)CC2)cc1. The average Bonchev–Trinajstić information content (AvgIpc) is 2.85. The third-order valence-electron chi connectivity index (χ3n) is 5.41. The Morgan fingerprint density at radius 1 is 1.00 bits per heavy atom. The molecule has 0 radical (unpaired) electrons. The Kier molecular flexibility index (Phi) is 6.78. The van der Waals surface area contributed by atoms with E-state index in [0.717, 1.165) is 5.56 Å². The van der Waals surface area contributed by atoms with Crippen molar-refractivity contribution in [1.29, 1.82) is 0 Å². The number of pyridine rings is 1. The standard InChI is InChI=1S/C26H24FN3O3/c1-19-4-8-21(9-5-19)26(32)30-15-13-29(14-16-30)25(31)11-7-20-6-10-24(23(27)17-20)33-22-3-2-12-28-18-22/h2-12,17-18H,13-16H2,1H3/b11-7+. The predicted octanol–water partition coefficient (Wildman–Crippen LogP) is 4.32. The Bertz CT molecular complexity index is 1160. The molecular formula is C26H24FN3O3. The van der Waals surface area contributed by atoms with Crippen molar-refractivity contribution in [3.8, 4) is 11.5 Å². The Hall–Kier alpha value is -4.00. The molecule has 0 saturated carbocycles. The Balaban J connectivity index is 1.31. The zero-order valence-corrected chi connectivity index (χ0v) is 18.3. The van der Waals surface area contributed by atoms with Crippen LogP contribution in [0.25, 0.3) is 6.08 Å². The maximum atomic E-state index is 14.4. The van der Waals surface area contributed by atoms with Crippen LogP contribution >= 0.6 is 0 Å². The number of benzene rings is 2. The van der Waals surface area contributed by atoms with E-state index in [4.69, 9.17) is 4.74 Å². The van der Waals surface area contributed by atoms with Crippen LogP contribution in [0.2, 0.25) is 0 Å². The maximum Gasteiger partial charge on any atom is 0.253 e. The molecule has 0 N–H and O–H groups in total. The van der Waals surface area contributed by atoms with Crippen molar-refractivity contribution in [3.63, 3.8) is 0 Å². The highest BCUT2D eigenvalue weighted by atomic mass is 19.1. The summed E-state index contributed by atoms with van der Waals surface area (Å²) in [5, 5.41) is 0. The minimum atomic E-state index is -0.531. The first-order valence-corrected chi connectivity index (χ1v) is 10.7. The number of hydrogen-bond acceptors (Lipinski definition) is 4. The second-order valence-electron chi connectivity index (χ2n) is 7.80. The minimum Gasteiger partial charge on any atom is -0.453 e. The number of piperazine rings is 1. The number of rotatable bonds is 5. The van der Waals surface area contributed by atoms with Crippen LogP contribution in [0.4, 0.5) is 4.39 Å². The van der Waals surface area contributed by atoms with Gasteiger partial charge in [-0.2, -0.15) is 0 Å². The molecule has 2 heterocycles. The van der Waals surface area contributed by atoms with Crippen molar-refractivity contribution in [1.82, 2.24) is 14.8 Å². The molecule has 2 amide bonds. The highest BCUT2D eigenvalue weighted by Crippen LogP contribution is 2.25. The Morgan fingerprint density at radius 2 is 1.73 bits per heavy atom. The van der Waals surface area contributed by atoms with Crippen molar-refractivity contribution < 1.29 is 18.7 Å². The first-order valence-electron chi connectivity index (χ1n) is 10.7. The molecule has 3 aromatic rings. The lowest BCUT2D eigenvalue weighted by atomic mass is 10.1. The Labute approximate surface area is 191 Å². The molecular weight excluding hydrogens is 421 g/mol. The van der Waals surface area contributed by atoms with Gasteiger partial charge in [-0.3, -0.25) is 14.6 Å². The highest BCUT2D eigenvalue weighted by molar-refractivity contribution is 5.95. The summed E-state index contributed by atoms with van der Waals surface area (Å²) in [5.74, 6) is -0.206. The van der Waals surface area contributed by atoms with E-state index in [1.165, 1.54) is 24.4 Å². The smallest absolute Gasteiger partial charge is 0.253 e. The van der Waals surface area contributed by atoms with E-state index < -0.39 is 5.82 Å². The first-order chi connectivity index (χ1) is 16.0. The molecule has 1 saturated heterocycles. The Morgan fingerprint density at radius 3 is 2.39 bits per heavy atom. The van der Waals surface area contributed by atoms with Crippen LogP contribution in [0.1, 0.15) is 21.5 Å². The van der Waals surface area contributed by atoms with Crippen LogP contribution in [-0.2, 0) is 4.79 Å². The molecule has 33 heavy (non-hydrogen) atoms. The van der Waals surface area contributed by atoms with Crippen LogP contribution in [-0.4, -0.2) is 52.8 Å². The topological polar surface area (TPSA) is 62.7 Å². The van der Waals surface area contributed by atoms with Crippen molar-refractivity contribution in [2.75, 3.05) is 26.2 Å². The van der Waals surface area contributed by atoms with Gasteiger partial charge >= 0.3 is 0 Å². The summed E-state index contributed by atoms with van der Waals surface area (Å²) in [6.45, 7) is 3.83. The summed E-state index contributed by atoms with van der Waals surface area (Å²) in [4.78, 5) is 32.6. The van der Waals surface area contributed by atoms with E-state index >= 15 is 0 Å². The lowest BCUT2D eigenvalue weighted by Gasteiger charge is -2.34. The summed E-state index contributed by atoms with van der Waals surface area (Å²) in [5.41, 5.74) is 2.30. The molecule has 0 bridgehead atoms. The van der Waals surface area contributed by atoms with E-state index in [-0.39, 0.29) is 17.6 Å². The van der Waals surface area contributed by atoms with Crippen LogP contribution in [0.5, 0.6) is 11.5 Å². The van der Waals surface area contributed by atoms with Crippen molar-refractivity contribution in [2.45, 2.75) is 6.92 Å². The van der Waals surface area contributed by atoms with Gasteiger partial charge in [-0.25, -0.2) is 4.39 Å². The van der Waals surface area contributed by atoms with Gasteiger partial charge in [0.15, 0.2) is 11.6 Å². The first kappa shape index (κ1) is 22.2. The number of carbonyl (C=O) groups excluding carboxylic acids is 2. The van der Waals surface area contributed by atoms with Crippen molar-refractivity contribution in [3.05, 3.63) is 95.6 Å². The fourth-order valence-corrected chi connectivity index (χ4v) is 3.52. The zero-order valence-electron chi connectivity index (χ0n) is 18.3. The third kappa shape index (κ3) is 5.63. The van der Waals surface area contributed by atoms with Gasteiger partial charge in [-0.1, -0.05) is 23.8 Å². The second-order valence-corrected chi connectivity index (χ2v) is 7.80. The van der Waals surface area contributed by atoms with E-state index in [2.05, 4.69) is 4.98 Å². The number of nitrogens with zero attached hydrogens (tertiary/aromatic N) is 3. The van der Waals surface area contributed by atoms with Crippen LogP contribution < -0.4 is 4.74 Å². The van der Waals surface area contributed by atoms with Gasteiger partial charge in [0.25, 0.3) is 5.91 Å². The second kappa shape index (κ2) is 10.1. The lowest BCUT2D eigenvalue weighted by Crippen LogP contribution is -2.50. The molecule has 6 nitrogen and oxygen atoms in total. The number of aromatic nitrogens is 1. The van der Waals surface area contributed by atoms with Crippen molar-refractivity contribution >= 4 is 17.9 Å². The molecule has 0 atom stereocenters. The lowest BCUT2D eigenvalue weighted by molar-refractivity contribution is -0.127. The highest BCUT2D eigenvalue weighted by Gasteiger charge is 2.23. The predicted molar refractivity (Wildman–Crippen MR) is 123 cm³/mol. The molecule has 4 rings (SSSR count). The zero-order chi connectivity index (χ0) is 23.2. The molecule has 2 aromatic carbocycles. The maximum absolute atomic E-state index is 14.4. The fraction of sp³-hybridized carbons (Fsp3) is 0.192. The number of halogens is 1. The number of carbonyl (C=O) groups is 2. The minimum absolute atomic E-state index is 0.0262.